The first-order chi connectivity index (χ1) is 11.5. The van der Waals surface area contributed by atoms with Crippen LogP contribution in [-0.4, -0.2) is 31.8 Å². The number of amides is 2. The molecule has 8 heteroatoms. The van der Waals surface area contributed by atoms with Gasteiger partial charge in [-0.25, -0.2) is 0 Å². The van der Waals surface area contributed by atoms with Crippen LogP contribution in [0.25, 0.3) is 0 Å². The van der Waals surface area contributed by atoms with Crippen LogP contribution in [0.3, 0.4) is 0 Å². The molecule has 24 heavy (non-hydrogen) atoms. The third-order valence-electron chi connectivity index (χ3n) is 3.50. The Morgan fingerprint density at radius 3 is 2.75 bits per heavy atom. The average Bonchev–Trinajstić information content (AvgIpc) is 3.16. The van der Waals surface area contributed by atoms with Crippen molar-refractivity contribution in [3.05, 3.63) is 65.2 Å². The molecule has 0 radical (unpaired) electrons. The van der Waals surface area contributed by atoms with Gasteiger partial charge in [-0.15, -0.1) is 0 Å². The second-order valence-electron chi connectivity index (χ2n) is 5.30. The number of benzene rings is 1. The van der Waals surface area contributed by atoms with Gasteiger partial charge < -0.3 is 11.1 Å². The lowest BCUT2D eigenvalue weighted by Gasteiger charge is -2.04. The van der Waals surface area contributed by atoms with E-state index in [0.29, 0.717) is 17.8 Å². The van der Waals surface area contributed by atoms with Crippen LogP contribution in [-0.2, 0) is 6.54 Å². The molecule has 0 aliphatic rings. The van der Waals surface area contributed by atoms with E-state index >= 15 is 0 Å². The molecule has 3 aromatic rings. The highest BCUT2D eigenvalue weighted by Gasteiger charge is 2.18. The van der Waals surface area contributed by atoms with E-state index in [0.717, 1.165) is 5.56 Å². The van der Waals surface area contributed by atoms with E-state index < -0.39 is 5.91 Å². The van der Waals surface area contributed by atoms with E-state index in [4.69, 9.17) is 5.73 Å². The Labute approximate surface area is 137 Å². The van der Waals surface area contributed by atoms with E-state index in [-0.39, 0.29) is 17.3 Å². The zero-order chi connectivity index (χ0) is 17.1. The molecule has 0 atom stereocenters. The molecule has 2 heterocycles. The Kier molecular flexibility index (Phi) is 4.11. The minimum atomic E-state index is -0.713. The number of aromatic nitrogens is 4. The molecule has 0 saturated heterocycles. The lowest BCUT2D eigenvalue weighted by molar-refractivity contribution is 0.0996. The third-order valence-corrected chi connectivity index (χ3v) is 3.50. The first-order valence-electron chi connectivity index (χ1n) is 7.27. The van der Waals surface area contributed by atoms with Gasteiger partial charge in [0.1, 0.15) is 0 Å². The van der Waals surface area contributed by atoms with Crippen molar-refractivity contribution in [1.82, 2.24) is 20.0 Å². The summed E-state index contributed by atoms with van der Waals surface area (Å²) in [5, 5.41) is 13.2. The molecule has 0 bridgehead atoms. The number of anilines is 1. The summed E-state index contributed by atoms with van der Waals surface area (Å²) in [6.07, 6.45) is 3.11. The summed E-state index contributed by atoms with van der Waals surface area (Å²) in [6.45, 7) is 2.25. The molecule has 1 aromatic carbocycles. The van der Waals surface area contributed by atoms with E-state index in [1.165, 1.54) is 6.20 Å². The average molecular weight is 324 g/mol. The van der Waals surface area contributed by atoms with E-state index in [1.807, 2.05) is 30.3 Å². The van der Waals surface area contributed by atoms with Crippen LogP contribution in [0, 0.1) is 6.92 Å². The van der Waals surface area contributed by atoms with Gasteiger partial charge in [0.2, 0.25) is 0 Å². The van der Waals surface area contributed by atoms with Gasteiger partial charge in [-0.1, -0.05) is 30.3 Å². The molecule has 8 nitrogen and oxygen atoms in total. The molecule has 122 valence electrons. The maximum atomic E-state index is 12.3. The van der Waals surface area contributed by atoms with Crippen molar-refractivity contribution >= 4 is 17.5 Å². The van der Waals surface area contributed by atoms with Gasteiger partial charge in [0.05, 0.1) is 29.7 Å². The fourth-order valence-corrected chi connectivity index (χ4v) is 2.28. The van der Waals surface area contributed by atoms with E-state index in [9.17, 15) is 9.59 Å². The zero-order valence-corrected chi connectivity index (χ0v) is 13.0. The lowest BCUT2D eigenvalue weighted by atomic mass is 10.2. The molecule has 0 spiro atoms. The van der Waals surface area contributed by atoms with Crippen molar-refractivity contribution in [3.63, 3.8) is 0 Å². The summed E-state index contributed by atoms with van der Waals surface area (Å²) in [7, 11) is 0. The monoisotopic (exact) mass is 324 g/mol. The van der Waals surface area contributed by atoms with Crippen molar-refractivity contribution in [1.29, 1.82) is 0 Å². The quantitative estimate of drug-likeness (QED) is 0.655. The highest BCUT2D eigenvalue weighted by molar-refractivity contribution is 6.08. The Morgan fingerprint density at radius 1 is 1.29 bits per heavy atom. The summed E-state index contributed by atoms with van der Waals surface area (Å²) < 4.78 is 1.67. The molecule has 2 amide bonds. The van der Waals surface area contributed by atoms with Crippen LogP contribution < -0.4 is 11.1 Å². The molecule has 0 aliphatic carbocycles. The summed E-state index contributed by atoms with van der Waals surface area (Å²) in [4.78, 5) is 23.7. The Morgan fingerprint density at radius 2 is 2.04 bits per heavy atom. The number of rotatable bonds is 5. The summed E-state index contributed by atoms with van der Waals surface area (Å²) in [5.74, 6) is -1.10. The summed E-state index contributed by atoms with van der Waals surface area (Å²) in [6, 6.07) is 9.79. The number of aromatic amines is 1. The van der Waals surface area contributed by atoms with Gasteiger partial charge in [-0.3, -0.25) is 19.4 Å². The molecule has 0 aliphatic heterocycles. The van der Waals surface area contributed by atoms with Gasteiger partial charge in [0, 0.05) is 6.20 Å². The van der Waals surface area contributed by atoms with Gasteiger partial charge >= 0.3 is 0 Å². The number of nitrogens with zero attached hydrogens (tertiary/aromatic N) is 3. The van der Waals surface area contributed by atoms with Crippen molar-refractivity contribution in [3.8, 4) is 0 Å². The smallest absolute Gasteiger partial charge is 0.271 e. The van der Waals surface area contributed by atoms with E-state index in [1.54, 1.807) is 17.8 Å². The van der Waals surface area contributed by atoms with Crippen LogP contribution in [0.2, 0.25) is 0 Å². The zero-order valence-electron chi connectivity index (χ0n) is 13.0. The number of aryl methyl sites for hydroxylation is 1. The number of primary amides is 1. The summed E-state index contributed by atoms with van der Waals surface area (Å²) >= 11 is 0. The minimum absolute atomic E-state index is 0.00229. The molecule has 4 N–H and O–H groups in total. The number of hydrogen-bond acceptors (Lipinski definition) is 4. The van der Waals surface area contributed by atoms with Crippen LogP contribution in [0.15, 0.2) is 42.7 Å². The normalized spacial score (nSPS) is 10.5. The van der Waals surface area contributed by atoms with E-state index in [2.05, 4.69) is 20.6 Å². The van der Waals surface area contributed by atoms with Crippen molar-refractivity contribution in [2.24, 2.45) is 5.73 Å². The predicted octanol–water partition coefficient (Wildman–Crippen LogP) is 1.31. The molecule has 2 aromatic heterocycles. The van der Waals surface area contributed by atoms with Crippen LogP contribution in [0.4, 0.5) is 5.69 Å². The van der Waals surface area contributed by atoms with Crippen molar-refractivity contribution in [2.75, 3.05) is 5.32 Å². The molecule has 0 fully saturated rings. The molecular formula is C16H16N6O2. The van der Waals surface area contributed by atoms with Crippen LogP contribution in [0.5, 0.6) is 0 Å². The largest absolute Gasteiger partial charge is 0.364 e. The highest BCUT2D eigenvalue weighted by Crippen LogP contribution is 2.18. The number of H-pyrrole nitrogens is 1. The number of carbonyl (C=O) groups excluding carboxylic acids is 2. The fraction of sp³-hybridized carbons (Fsp3) is 0.125. The second-order valence-corrected chi connectivity index (χ2v) is 5.30. The lowest BCUT2D eigenvalue weighted by Crippen LogP contribution is -2.18. The maximum Gasteiger partial charge on any atom is 0.271 e. The SMILES string of the molecule is Cc1[nH]nc(C(N)=O)c1NC(=O)c1cnn(Cc2ccccc2)c1. The number of carbonyl (C=O) groups is 2. The Balaban J connectivity index is 1.75. The molecule has 3 rings (SSSR count). The predicted molar refractivity (Wildman–Crippen MR) is 87.6 cm³/mol. The maximum absolute atomic E-state index is 12.3. The first kappa shape index (κ1) is 15.5. The standard InChI is InChI=1S/C16H16N6O2/c1-10-13(14(15(17)23)21-20-10)19-16(24)12-7-18-22(9-12)8-11-5-3-2-4-6-11/h2-7,9H,8H2,1H3,(H2,17,23)(H,19,24)(H,20,21). The van der Waals surface area contributed by atoms with Gasteiger partial charge in [0.25, 0.3) is 11.8 Å². The van der Waals surface area contributed by atoms with Gasteiger partial charge in [-0.05, 0) is 12.5 Å². The van der Waals surface area contributed by atoms with Gasteiger partial charge in [-0.2, -0.15) is 10.2 Å². The Bertz CT molecular complexity index is 881. The molecule has 0 unspecified atom stereocenters. The number of hydrogen-bond donors (Lipinski definition) is 3. The van der Waals surface area contributed by atoms with Crippen LogP contribution in [0.1, 0.15) is 32.1 Å². The second kappa shape index (κ2) is 6.37. The van der Waals surface area contributed by atoms with Crippen molar-refractivity contribution in [2.45, 2.75) is 13.5 Å². The van der Waals surface area contributed by atoms with Crippen molar-refractivity contribution < 1.29 is 9.59 Å². The topological polar surface area (TPSA) is 119 Å². The first-order valence-corrected chi connectivity index (χ1v) is 7.27. The Hall–Kier alpha value is -3.42. The minimum Gasteiger partial charge on any atom is -0.364 e. The van der Waals surface area contributed by atoms with Gasteiger partial charge in [0.15, 0.2) is 5.69 Å². The fourth-order valence-electron chi connectivity index (χ4n) is 2.28. The summed E-state index contributed by atoms with van der Waals surface area (Å²) in [5.41, 5.74) is 7.53. The third kappa shape index (κ3) is 3.17. The molecule has 0 saturated carbocycles. The number of nitrogens with two attached hydrogens (primary N) is 1. The van der Waals surface area contributed by atoms with Crippen LogP contribution >= 0.6 is 0 Å². The number of nitrogens with one attached hydrogen (secondary N) is 2. The highest BCUT2D eigenvalue weighted by atomic mass is 16.2. The molecular weight excluding hydrogens is 308 g/mol.